The third kappa shape index (κ3) is 6.97. The van der Waals surface area contributed by atoms with Crippen LogP contribution in [0.5, 0.6) is 11.5 Å². The summed E-state index contributed by atoms with van der Waals surface area (Å²) in [6, 6.07) is 13.6. The minimum Gasteiger partial charge on any atom is -0.494 e. The van der Waals surface area contributed by atoms with Crippen molar-refractivity contribution in [1.29, 1.82) is 0 Å². The molecule has 2 aromatic rings. The Morgan fingerprint density at radius 3 is 2.26 bits per heavy atom. The molecule has 0 aromatic heterocycles. The Balaban J connectivity index is 1.72. The molecule has 0 atom stereocenters. The van der Waals surface area contributed by atoms with Gasteiger partial charge in [-0.25, -0.2) is 0 Å². The van der Waals surface area contributed by atoms with Gasteiger partial charge in [0.25, 0.3) is 0 Å². The van der Waals surface area contributed by atoms with Crippen LogP contribution in [0.2, 0.25) is 0 Å². The van der Waals surface area contributed by atoms with E-state index in [1.54, 1.807) is 0 Å². The Kier molecular flexibility index (Phi) is 7.71. The van der Waals surface area contributed by atoms with Crippen LogP contribution in [0, 0.1) is 6.92 Å². The molecule has 0 aliphatic carbocycles. The van der Waals surface area contributed by atoms with Gasteiger partial charge in [-0.1, -0.05) is 19.9 Å². The zero-order chi connectivity index (χ0) is 19.8. The predicted molar refractivity (Wildman–Crippen MR) is 111 cm³/mol. The van der Waals surface area contributed by atoms with Crippen LogP contribution in [-0.2, 0) is 4.79 Å². The van der Waals surface area contributed by atoms with Gasteiger partial charge in [-0.3, -0.25) is 4.79 Å². The summed E-state index contributed by atoms with van der Waals surface area (Å²) in [4.78, 5) is 12.1. The average Bonchev–Trinajstić information content (AvgIpc) is 2.60. The van der Waals surface area contributed by atoms with Crippen molar-refractivity contribution < 1.29 is 14.3 Å². The van der Waals surface area contributed by atoms with Crippen molar-refractivity contribution in [2.24, 2.45) is 0 Å². The van der Waals surface area contributed by atoms with Crippen LogP contribution >= 0.6 is 0 Å². The lowest BCUT2D eigenvalue weighted by molar-refractivity contribution is -0.116. The molecule has 0 spiro atoms. The van der Waals surface area contributed by atoms with Crippen molar-refractivity contribution in [1.82, 2.24) is 0 Å². The topological polar surface area (TPSA) is 47.6 Å². The summed E-state index contributed by atoms with van der Waals surface area (Å²) in [5.74, 6) is 2.16. The van der Waals surface area contributed by atoms with Gasteiger partial charge in [0.05, 0.1) is 12.7 Å². The molecule has 4 heteroatoms. The van der Waals surface area contributed by atoms with E-state index in [0.29, 0.717) is 25.4 Å². The zero-order valence-corrected chi connectivity index (χ0v) is 17.0. The highest BCUT2D eigenvalue weighted by Crippen LogP contribution is 2.23. The standard InChI is InChI=1S/C23H31NO3/c1-16(2)22-13-12-21(15-18(22)5)26-14-6-7-23(25)24-19-8-10-20(11-9-19)27-17(3)4/h8-13,15-17H,6-7,14H2,1-5H3,(H,24,25). The molecule has 0 heterocycles. The minimum absolute atomic E-state index is 0.0116. The van der Waals surface area contributed by atoms with Crippen LogP contribution < -0.4 is 14.8 Å². The lowest BCUT2D eigenvalue weighted by Crippen LogP contribution is -2.13. The van der Waals surface area contributed by atoms with Gasteiger partial charge in [0, 0.05) is 12.1 Å². The van der Waals surface area contributed by atoms with Crippen LogP contribution in [-0.4, -0.2) is 18.6 Å². The highest BCUT2D eigenvalue weighted by Gasteiger charge is 2.06. The fourth-order valence-electron chi connectivity index (χ4n) is 2.92. The summed E-state index contributed by atoms with van der Waals surface area (Å²) < 4.78 is 11.4. The van der Waals surface area contributed by atoms with E-state index < -0.39 is 0 Å². The Hall–Kier alpha value is -2.49. The molecule has 1 N–H and O–H groups in total. The first-order valence-electron chi connectivity index (χ1n) is 9.65. The molecular formula is C23H31NO3. The molecule has 2 rings (SSSR count). The third-order valence-electron chi connectivity index (χ3n) is 4.19. The largest absolute Gasteiger partial charge is 0.494 e. The number of hydrogen-bond donors (Lipinski definition) is 1. The van der Waals surface area contributed by atoms with E-state index in [9.17, 15) is 4.79 Å². The Bertz CT molecular complexity index is 736. The van der Waals surface area contributed by atoms with Gasteiger partial charge >= 0.3 is 0 Å². The van der Waals surface area contributed by atoms with E-state index in [1.165, 1.54) is 11.1 Å². The maximum atomic E-state index is 12.1. The molecule has 0 unspecified atom stereocenters. The molecule has 0 saturated carbocycles. The van der Waals surface area contributed by atoms with Gasteiger partial charge in [-0.05, 0) is 80.6 Å². The average molecular weight is 370 g/mol. The number of benzene rings is 2. The second kappa shape index (κ2) is 10.0. The van der Waals surface area contributed by atoms with Gasteiger partial charge in [0.1, 0.15) is 11.5 Å². The maximum Gasteiger partial charge on any atom is 0.224 e. The van der Waals surface area contributed by atoms with Crippen molar-refractivity contribution in [3.8, 4) is 11.5 Å². The summed E-state index contributed by atoms with van der Waals surface area (Å²) in [7, 11) is 0. The molecule has 146 valence electrons. The second-order valence-electron chi connectivity index (χ2n) is 7.36. The normalized spacial score (nSPS) is 10.9. The number of anilines is 1. The first-order chi connectivity index (χ1) is 12.8. The number of rotatable bonds is 9. The molecule has 0 bridgehead atoms. The summed E-state index contributed by atoms with van der Waals surface area (Å²) in [6.07, 6.45) is 1.23. The molecule has 0 radical (unpaired) electrons. The van der Waals surface area contributed by atoms with Crippen LogP contribution in [0.25, 0.3) is 0 Å². The van der Waals surface area contributed by atoms with Crippen molar-refractivity contribution >= 4 is 11.6 Å². The smallest absolute Gasteiger partial charge is 0.224 e. The van der Waals surface area contributed by atoms with Gasteiger partial charge < -0.3 is 14.8 Å². The Morgan fingerprint density at radius 1 is 1.00 bits per heavy atom. The van der Waals surface area contributed by atoms with E-state index in [4.69, 9.17) is 9.47 Å². The molecule has 1 amide bonds. The molecule has 0 aliphatic heterocycles. The predicted octanol–water partition coefficient (Wildman–Crippen LogP) is 5.70. The lowest BCUT2D eigenvalue weighted by Gasteiger charge is -2.12. The van der Waals surface area contributed by atoms with E-state index in [2.05, 4.69) is 38.2 Å². The first kappa shape index (κ1) is 20.8. The number of hydrogen-bond acceptors (Lipinski definition) is 3. The summed E-state index contributed by atoms with van der Waals surface area (Å²) in [6.45, 7) is 11.0. The number of amides is 1. The van der Waals surface area contributed by atoms with E-state index >= 15 is 0 Å². The van der Waals surface area contributed by atoms with Gasteiger partial charge in [-0.2, -0.15) is 0 Å². The monoisotopic (exact) mass is 369 g/mol. The maximum absolute atomic E-state index is 12.1. The molecule has 4 nitrogen and oxygen atoms in total. The zero-order valence-electron chi connectivity index (χ0n) is 17.0. The van der Waals surface area contributed by atoms with Crippen molar-refractivity contribution in [3.63, 3.8) is 0 Å². The van der Waals surface area contributed by atoms with Crippen LogP contribution in [0.1, 0.15) is 57.6 Å². The number of ether oxygens (including phenoxy) is 2. The number of aryl methyl sites for hydroxylation is 1. The number of nitrogens with one attached hydrogen (secondary N) is 1. The second-order valence-corrected chi connectivity index (χ2v) is 7.36. The summed E-state index contributed by atoms with van der Waals surface area (Å²) in [5, 5.41) is 2.90. The van der Waals surface area contributed by atoms with Gasteiger partial charge in [0.15, 0.2) is 0 Å². The van der Waals surface area contributed by atoms with Crippen molar-refractivity contribution in [3.05, 3.63) is 53.6 Å². The van der Waals surface area contributed by atoms with Crippen molar-refractivity contribution in [2.45, 2.75) is 59.5 Å². The minimum atomic E-state index is -0.0116. The lowest BCUT2D eigenvalue weighted by atomic mass is 9.98. The molecule has 0 saturated heterocycles. The van der Waals surface area contributed by atoms with E-state index in [-0.39, 0.29) is 12.0 Å². The third-order valence-corrected chi connectivity index (χ3v) is 4.19. The summed E-state index contributed by atoms with van der Waals surface area (Å²) >= 11 is 0. The van der Waals surface area contributed by atoms with Crippen LogP contribution in [0.3, 0.4) is 0 Å². The Labute approximate surface area is 162 Å². The Morgan fingerprint density at radius 2 is 1.67 bits per heavy atom. The molecule has 27 heavy (non-hydrogen) atoms. The van der Waals surface area contributed by atoms with E-state index in [1.807, 2.05) is 44.2 Å². The summed E-state index contributed by atoms with van der Waals surface area (Å²) in [5.41, 5.74) is 3.36. The fourth-order valence-corrected chi connectivity index (χ4v) is 2.92. The quantitative estimate of drug-likeness (QED) is 0.577. The van der Waals surface area contributed by atoms with Crippen LogP contribution in [0.15, 0.2) is 42.5 Å². The number of carbonyl (C=O) groups is 1. The van der Waals surface area contributed by atoms with Gasteiger partial charge in [-0.15, -0.1) is 0 Å². The highest BCUT2D eigenvalue weighted by atomic mass is 16.5. The van der Waals surface area contributed by atoms with Gasteiger partial charge in [0.2, 0.25) is 5.91 Å². The molecule has 0 aliphatic rings. The van der Waals surface area contributed by atoms with E-state index in [0.717, 1.165) is 17.2 Å². The SMILES string of the molecule is Cc1cc(OCCCC(=O)Nc2ccc(OC(C)C)cc2)ccc1C(C)C. The van der Waals surface area contributed by atoms with Crippen LogP contribution in [0.4, 0.5) is 5.69 Å². The molecule has 2 aromatic carbocycles. The fraction of sp³-hybridized carbons (Fsp3) is 0.435. The first-order valence-corrected chi connectivity index (χ1v) is 9.65. The molecular weight excluding hydrogens is 338 g/mol. The number of carbonyl (C=O) groups excluding carboxylic acids is 1. The van der Waals surface area contributed by atoms with Crippen molar-refractivity contribution in [2.75, 3.05) is 11.9 Å². The highest BCUT2D eigenvalue weighted by molar-refractivity contribution is 5.90. The molecule has 0 fully saturated rings.